The van der Waals surface area contributed by atoms with Gasteiger partial charge < -0.3 is 10.4 Å². The minimum absolute atomic E-state index is 0.0385. The summed E-state index contributed by atoms with van der Waals surface area (Å²) >= 11 is 6.00. The molecule has 3 nitrogen and oxygen atoms in total. The molecule has 0 saturated heterocycles. The average Bonchev–Trinajstić information content (AvgIpc) is 2.34. The third kappa shape index (κ3) is 5.33. The standard InChI is InChI=1S/C17H26ClNO2/c1-12(20)10-16(2,3)11-19-15(21)17(4,5)13-7-6-8-14(18)9-13/h6-9,12,20H,10-11H2,1-5H3,(H,19,21). The molecule has 21 heavy (non-hydrogen) atoms. The van der Waals surface area contributed by atoms with E-state index in [1.807, 2.05) is 45.9 Å². The summed E-state index contributed by atoms with van der Waals surface area (Å²) in [7, 11) is 0. The van der Waals surface area contributed by atoms with Crippen LogP contribution in [0.15, 0.2) is 24.3 Å². The summed E-state index contributed by atoms with van der Waals surface area (Å²) in [6, 6.07) is 7.38. The molecule has 0 saturated carbocycles. The van der Waals surface area contributed by atoms with Crippen LogP contribution in [0.2, 0.25) is 5.02 Å². The first kappa shape index (κ1) is 18.0. The Morgan fingerprint density at radius 3 is 2.48 bits per heavy atom. The van der Waals surface area contributed by atoms with Gasteiger partial charge in [0.15, 0.2) is 0 Å². The number of carbonyl (C=O) groups excluding carboxylic acids is 1. The number of amides is 1. The zero-order valence-electron chi connectivity index (χ0n) is 13.5. The first-order valence-electron chi connectivity index (χ1n) is 7.27. The van der Waals surface area contributed by atoms with E-state index in [1.165, 1.54) is 0 Å². The Labute approximate surface area is 132 Å². The summed E-state index contributed by atoms with van der Waals surface area (Å²) in [6.45, 7) is 10.1. The van der Waals surface area contributed by atoms with E-state index in [2.05, 4.69) is 5.32 Å². The Kier molecular flexibility index (Phi) is 5.83. The lowest BCUT2D eigenvalue weighted by Crippen LogP contribution is -2.44. The van der Waals surface area contributed by atoms with Crippen LogP contribution < -0.4 is 5.32 Å². The molecule has 4 heteroatoms. The van der Waals surface area contributed by atoms with Crippen LogP contribution in [0.4, 0.5) is 0 Å². The number of benzene rings is 1. The van der Waals surface area contributed by atoms with Gasteiger partial charge in [-0.2, -0.15) is 0 Å². The number of rotatable bonds is 6. The maximum atomic E-state index is 12.5. The van der Waals surface area contributed by atoms with Crippen molar-refractivity contribution in [3.63, 3.8) is 0 Å². The number of nitrogens with one attached hydrogen (secondary N) is 1. The molecule has 0 aliphatic rings. The third-order valence-electron chi connectivity index (χ3n) is 3.69. The molecule has 0 fully saturated rings. The summed E-state index contributed by atoms with van der Waals surface area (Å²) < 4.78 is 0. The van der Waals surface area contributed by atoms with Crippen LogP contribution in [-0.4, -0.2) is 23.7 Å². The fourth-order valence-electron chi connectivity index (χ4n) is 2.42. The van der Waals surface area contributed by atoms with Gasteiger partial charge in [0.1, 0.15) is 0 Å². The van der Waals surface area contributed by atoms with E-state index < -0.39 is 5.41 Å². The zero-order valence-corrected chi connectivity index (χ0v) is 14.3. The van der Waals surface area contributed by atoms with Gasteiger partial charge in [-0.05, 0) is 50.3 Å². The number of aliphatic hydroxyl groups excluding tert-OH is 1. The lowest BCUT2D eigenvalue weighted by Gasteiger charge is -2.30. The molecule has 0 aliphatic carbocycles. The molecule has 0 aliphatic heterocycles. The number of hydrogen-bond donors (Lipinski definition) is 2. The van der Waals surface area contributed by atoms with Crippen molar-refractivity contribution in [2.24, 2.45) is 5.41 Å². The second-order valence-corrected chi connectivity index (χ2v) is 7.47. The van der Waals surface area contributed by atoms with Crippen LogP contribution in [0, 0.1) is 5.41 Å². The highest BCUT2D eigenvalue weighted by atomic mass is 35.5. The van der Waals surface area contributed by atoms with Crippen LogP contribution in [-0.2, 0) is 10.2 Å². The smallest absolute Gasteiger partial charge is 0.230 e. The molecule has 0 radical (unpaired) electrons. The van der Waals surface area contributed by atoms with Crippen LogP contribution in [0.1, 0.15) is 46.6 Å². The van der Waals surface area contributed by atoms with E-state index in [0.29, 0.717) is 18.0 Å². The van der Waals surface area contributed by atoms with E-state index in [9.17, 15) is 9.90 Å². The van der Waals surface area contributed by atoms with Crippen LogP contribution in [0.3, 0.4) is 0 Å². The topological polar surface area (TPSA) is 49.3 Å². The third-order valence-corrected chi connectivity index (χ3v) is 3.92. The van der Waals surface area contributed by atoms with Gasteiger partial charge in [0.2, 0.25) is 5.91 Å². The quantitative estimate of drug-likeness (QED) is 0.844. The van der Waals surface area contributed by atoms with Crippen molar-refractivity contribution < 1.29 is 9.90 Å². The molecule has 1 unspecified atom stereocenters. The van der Waals surface area contributed by atoms with Gasteiger partial charge in [-0.25, -0.2) is 0 Å². The lowest BCUT2D eigenvalue weighted by atomic mass is 9.82. The molecule has 1 aromatic carbocycles. The molecule has 1 aromatic rings. The molecule has 2 N–H and O–H groups in total. The molecule has 0 spiro atoms. The van der Waals surface area contributed by atoms with Crippen molar-refractivity contribution in [2.75, 3.05) is 6.54 Å². The van der Waals surface area contributed by atoms with Crippen LogP contribution in [0.5, 0.6) is 0 Å². The van der Waals surface area contributed by atoms with Gasteiger partial charge in [0.25, 0.3) is 0 Å². The number of carbonyl (C=O) groups is 1. The lowest BCUT2D eigenvalue weighted by molar-refractivity contribution is -0.126. The van der Waals surface area contributed by atoms with Gasteiger partial charge in [0.05, 0.1) is 11.5 Å². The highest BCUT2D eigenvalue weighted by Crippen LogP contribution is 2.27. The monoisotopic (exact) mass is 311 g/mol. The van der Waals surface area contributed by atoms with E-state index in [0.717, 1.165) is 5.56 Å². The molecule has 0 aromatic heterocycles. The Hall–Kier alpha value is -1.06. The van der Waals surface area contributed by atoms with Crippen molar-refractivity contribution in [3.8, 4) is 0 Å². The van der Waals surface area contributed by atoms with E-state index in [1.54, 1.807) is 13.0 Å². The predicted octanol–water partition coefficient (Wildman–Crippen LogP) is 3.53. The van der Waals surface area contributed by atoms with Crippen molar-refractivity contribution in [1.29, 1.82) is 0 Å². The summed E-state index contributed by atoms with van der Waals surface area (Å²) in [5, 5.41) is 13.1. The van der Waals surface area contributed by atoms with E-state index in [-0.39, 0.29) is 17.4 Å². The highest BCUT2D eigenvalue weighted by molar-refractivity contribution is 6.30. The van der Waals surface area contributed by atoms with Gasteiger partial charge >= 0.3 is 0 Å². The number of hydrogen-bond acceptors (Lipinski definition) is 2. The average molecular weight is 312 g/mol. The van der Waals surface area contributed by atoms with E-state index in [4.69, 9.17) is 11.6 Å². The SMILES string of the molecule is CC(O)CC(C)(C)CNC(=O)C(C)(C)c1cccc(Cl)c1. The van der Waals surface area contributed by atoms with Crippen LogP contribution >= 0.6 is 11.6 Å². The normalized spacial score (nSPS) is 13.9. The van der Waals surface area contributed by atoms with Gasteiger partial charge in [0, 0.05) is 11.6 Å². The Morgan fingerprint density at radius 1 is 1.33 bits per heavy atom. The number of aliphatic hydroxyl groups is 1. The Bertz CT molecular complexity index is 495. The summed E-state index contributed by atoms with van der Waals surface area (Å²) in [6.07, 6.45) is 0.267. The van der Waals surface area contributed by atoms with E-state index >= 15 is 0 Å². The van der Waals surface area contributed by atoms with Crippen molar-refractivity contribution in [2.45, 2.75) is 52.6 Å². The molecular weight excluding hydrogens is 286 g/mol. The zero-order chi connectivity index (χ0) is 16.3. The fraction of sp³-hybridized carbons (Fsp3) is 0.588. The van der Waals surface area contributed by atoms with Crippen molar-refractivity contribution >= 4 is 17.5 Å². The van der Waals surface area contributed by atoms with Crippen molar-refractivity contribution in [1.82, 2.24) is 5.32 Å². The second kappa shape index (κ2) is 6.80. The Balaban J connectivity index is 2.74. The largest absolute Gasteiger partial charge is 0.393 e. The van der Waals surface area contributed by atoms with Gasteiger partial charge in [-0.3, -0.25) is 4.79 Å². The van der Waals surface area contributed by atoms with Crippen molar-refractivity contribution in [3.05, 3.63) is 34.9 Å². The maximum Gasteiger partial charge on any atom is 0.230 e. The highest BCUT2D eigenvalue weighted by Gasteiger charge is 2.31. The minimum atomic E-state index is -0.647. The molecule has 0 heterocycles. The maximum absolute atomic E-state index is 12.5. The first-order chi connectivity index (χ1) is 9.54. The van der Waals surface area contributed by atoms with Gasteiger partial charge in [-0.1, -0.05) is 37.6 Å². The molecule has 118 valence electrons. The molecule has 1 rings (SSSR count). The summed E-state index contributed by atoms with van der Waals surface area (Å²) in [5.74, 6) is -0.0385. The molecule has 1 atom stereocenters. The molecular formula is C17H26ClNO2. The first-order valence-corrected chi connectivity index (χ1v) is 7.65. The predicted molar refractivity (Wildman–Crippen MR) is 87.6 cm³/mol. The van der Waals surface area contributed by atoms with Gasteiger partial charge in [-0.15, -0.1) is 0 Å². The second-order valence-electron chi connectivity index (χ2n) is 7.04. The molecule has 1 amide bonds. The summed E-state index contributed by atoms with van der Waals surface area (Å²) in [5.41, 5.74) is 0.0980. The number of halogens is 1. The van der Waals surface area contributed by atoms with Crippen LogP contribution in [0.25, 0.3) is 0 Å². The fourth-order valence-corrected chi connectivity index (χ4v) is 2.61. The summed E-state index contributed by atoms with van der Waals surface area (Å²) in [4.78, 5) is 12.5. The minimum Gasteiger partial charge on any atom is -0.393 e. The molecule has 0 bridgehead atoms. The Morgan fingerprint density at radius 2 is 1.95 bits per heavy atom.